The van der Waals surface area contributed by atoms with Crippen LogP contribution in [0.5, 0.6) is 0 Å². The van der Waals surface area contributed by atoms with Crippen molar-refractivity contribution in [3.05, 3.63) is 133 Å². The quantitative estimate of drug-likeness (QED) is 0.240. The van der Waals surface area contributed by atoms with Gasteiger partial charge in [-0.3, -0.25) is 0 Å². The molecule has 0 aliphatic carbocycles. The van der Waals surface area contributed by atoms with Crippen LogP contribution in [0.3, 0.4) is 0 Å². The second kappa shape index (κ2) is 8.72. The molecular weight excluding hydrogens is 449 g/mol. The standard InChI is InChI=1S/C34H24BNO/c35-27-14-10-25-13-17-29(21-26(25)20-27)36(28-15-11-24(12-16-28)23-6-2-1-3-7-23)30-18-19-34-32(22-30)31-8-4-5-9-33(31)37-34/h1-22H,35H2. The lowest BCUT2D eigenvalue weighted by atomic mass is 9.93. The second-order valence-electron chi connectivity index (χ2n) is 9.56. The Balaban J connectivity index is 1.41. The first kappa shape index (κ1) is 21.5. The molecule has 37 heavy (non-hydrogen) atoms. The molecule has 7 rings (SSSR count). The van der Waals surface area contributed by atoms with Crippen molar-refractivity contribution in [1.29, 1.82) is 0 Å². The molecule has 0 bridgehead atoms. The molecule has 2 nitrogen and oxygen atoms in total. The van der Waals surface area contributed by atoms with Gasteiger partial charge in [0.2, 0.25) is 0 Å². The second-order valence-corrected chi connectivity index (χ2v) is 9.56. The number of fused-ring (bicyclic) bond motifs is 4. The van der Waals surface area contributed by atoms with Gasteiger partial charge in [0.1, 0.15) is 19.0 Å². The molecule has 0 amide bonds. The monoisotopic (exact) mass is 473 g/mol. The van der Waals surface area contributed by atoms with Crippen LogP contribution in [-0.4, -0.2) is 7.85 Å². The van der Waals surface area contributed by atoms with Crippen LogP contribution >= 0.6 is 0 Å². The van der Waals surface area contributed by atoms with Gasteiger partial charge in [-0.05, 0) is 70.4 Å². The van der Waals surface area contributed by atoms with Crippen molar-refractivity contribution in [2.45, 2.75) is 0 Å². The van der Waals surface area contributed by atoms with Crippen LogP contribution < -0.4 is 10.4 Å². The van der Waals surface area contributed by atoms with Gasteiger partial charge < -0.3 is 9.32 Å². The maximum Gasteiger partial charge on any atom is 0.139 e. The third-order valence-corrected chi connectivity index (χ3v) is 7.09. The normalized spacial score (nSPS) is 11.4. The largest absolute Gasteiger partial charge is 0.456 e. The van der Waals surface area contributed by atoms with Gasteiger partial charge in [-0.25, -0.2) is 0 Å². The van der Waals surface area contributed by atoms with E-state index in [2.05, 4.69) is 134 Å². The third kappa shape index (κ3) is 3.86. The summed E-state index contributed by atoms with van der Waals surface area (Å²) in [4.78, 5) is 2.33. The zero-order valence-corrected chi connectivity index (χ0v) is 20.6. The molecule has 6 aromatic carbocycles. The molecular formula is C34H24BNO. The topological polar surface area (TPSA) is 16.4 Å². The van der Waals surface area contributed by atoms with Gasteiger partial charge in [-0.1, -0.05) is 90.4 Å². The van der Waals surface area contributed by atoms with Crippen molar-refractivity contribution < 1.29 is 4.42 Å². The number of nitrogens with zero attached hydrogens (tertiary/aromatic N) is 1. The summed E-state index contributed by atoms with van der Waals surface area (Å²) in [7, 11) is 2.14. The molecule has 174 valence electrons. The molecule has 0 atom stereocenters. The highest BCUT2D eigenvalue weighted by atomic mass is 16.3. The molecule has 0 N–H and O–H groups in total. The maximum absolute atomic E-state index is 6.12. The Morgan fingerprint density at radius 3 is 1.97 bits per heavy atom. The van der Waals surface area contributed by atoms with Gasteiger partial charge in [0.25, 0.3) is 0 Å². The molecule has 1 heterocycles. The van der Waals surface area contributed by atoms with Crippen LogP contribution in [0, 0.1) is 0 Å². The number of hydrogen-bond donors (Lipinski definition) is 0. The fraction of sp³-hybridized carbons (Fsp3) is 0. The third-order valence-electron chi connectivity index (χ3n) is 7.09. The van der Waals surface area contributed by atoms with E-state index in [9.17, 15) is 0 Å². The van der Waals surface area contributed by atoms with Crippen LogP contribution in [0.15, 0.2) is 138 Å². The SMILES string of the molecule is Bc1ccc2ccc(N(c3ccc(-c4ccccc4)cc3)c3ccc4oc5ccccc5c4c3)cc2c1. The van der Waals surface area contributed by atoms with E-state index in [1.165, 1.54) is 27.4 Å². The van der Waals surface area contributed by atoms with Gasteiger partial charge in [0, 0.05) is 27.8 Å². The van der Waals surface area contributed by atoms with E-state index < -0.39 is 0 Å². The van der Waals surface area contributed by atoms with Crippen molar-refractivity contribution in [2.24, 2.45) is 0 Å². The van der Waals surface area contributed by atoms with Gasteiger partial charge >= 0.3 is 0 Å². The minimum absolute atomic E-state index is 0.901. The zero-order chi connectivity index (χ0) is 24.8. The Labute approximate surface area is 216 Å². The van der Waals surface area contributed by atoms with Gasteiger partial charge in [-0.15, -0.1) is 0 Å². The minimum atomic E-state index is 0.901. The lowest BCUT2D eigenvalue weighted by molar-refractivity contribution is 0.669. The summed E-state index contributed by atoms with van der Waals surface area (Å²) in [6.45, 7) is 0. The Morgan fingerprint density at radius 1 is 0.459 bits per heavy atom. The van der Waals surface area contributed by atoms with Crippen LogP contribution in [0.2, 0.25) is 0 Å². The number of furan rings is 1. The zero-order valence-electron chi connectivity index (χ0n) is 20.6. The predicted molar refractivity (Wildman–Crippen MR) is 160 cm³/mol. The summed E-state index contributed by atoms with van der Waals surface area (Å²) in [6.07, 6.45) is 0. The predicted octanol–water partition coefficient (Wildman–Crippen LogP) is 8.13. The van der Waals surface area contributed by atoms with Gasteiger partial charge in [0.05, 0.1) is 0 Å². The first-order chi connectivity index (χ1) is 18.2. The van der Waals surface area contributed by atoms with E-state index in [0.29, 0.717) is 0 Å². The lowest BCUT2D eigenvalue weighted by Crippen LogP contribution is -2.10. The molecule has 0 spiro atoms. The maximum atomic E-state index is 6.12. The number of anilines is 3. The van der Waals surface area contributed by atoms with Crippen molar-refractivity contribution in [1.82, 2.24) is 0 Å². The Bertz CT molecular complexity index is 1890. The Kier molecular flexibility index (Phi) is 5.07. The van der Waals surface area contributed by atoms with Crippen LogP contribution in [0.1, 0.15) is 0 Å². The number of hydrogen-bond acceptors (Lipinski definition) is 2. The summed E-state index contributed by atoms with van der Waals surface area (Å²) in [5.74, 6) is 0. The average Bonchev–Trinajstić information content (AvgIpc) is 3.32. The van der Waals surface area contributed by atoms with E-state index in [4.69, 9.17) is 4.42 Å². The van der Waals surface area contributed by atoms with Crippen molar-refractivity contribution >= 4 is 63.1 Å². The summed E-state index contributed by atoms with van der Waals surface area (Å²) >= 11 is 0. The average molecular weight is 473 g/mol. The molecule has 0 fully saturated rings. The van der Waals surface area contributed by atoms with E-state index in [1.807, 2.05) is 12.1 Å². The molecule has 7 aromatic rings. The number of rotatable bonds is 4. The Morgan fingerprint density at radius 2 is 1.11 bits per heavy atom. The van der Waals surface area contributed by atoms with Crippen LogP contribution in [0.4, 0.5) is 17.1 Å². The number of benzene rings is 6. The smallest absolute Gasteiger partial charge is 0.139 e. The minimum Gasteiger partial charge on any atom is -0.456 e. The highest BCUT2D eigenvalue weighted by Gasteiger charge is 2.16. The van der Waals surface area contributed by atoms with Crippen molar-refractivity contribution in [2.75, 3.05) is 4.90 Å². The van der Waals surface area contributed by atoms with Gasteiger partial charge in [0.15, 0.2) is 0 Å². The molecule has 3 heteroatoms. The highest BCUT2D eigenvalue weighted by molar-refractivity contribution is 6.33. The molecule has 1 aromatic heterocycles. The van der Waals surface area contributed by atoms with Crippen molar-refractivity contribution in [3.8, 4) is 11.1 Å². The van der Waals surface area contributed by atoms with Crippen LogP contribution in [-0.2, 0) is 0 Å². The van der Waals surface area contributed by atoms with Gasteiger partial charge in [-0.2, -0.15) is 0 Å². The fourth-order valence-electron chi connectivity index (χ4n) is 5.23. The summed E-state index contributed by atoms with van der Waals surface area (Å²) in [6, 6.07) is 47.4. The number of para-hydroxylation sites is 1. The first-order valence-electron chi connectivity index (χ1n) is 12.6. The van der Waals surface area contributed by atoms with E-state index in [1.54, 1.807) is 0 Å². The van der Waals surface area contributed by atoms with Crippen LogP contribution in [0.25, 0.3) is 43.8 Å². The summed E-state index contributed by atoms with van der Waals surface area (Å²) < 4.78 is 6.12. The first-order valence-corrected chi connectivity index (χ1v) is 12.6. The summed E-state index contributed by atoms with van der Waals surface area (Å²) in [5.41, 5.74) is 8.82. The lowest BCUT2D eigenvalue weighted by Gasteiger charge is -2.26. The van der Waals surface area contributed by atoms with Crippen molar-refractivity contribution in [3.63, 3.8) is 0 Å². The summed E-state index contributed by atoms with van der Waals surface area (Å²) in [5, 5.41) is 4.73. The molecule has 0 unspecified atom stereocenters. The molecule has 0 aliphatic heterocycles. The highest BCUT2D eigenvalue weighted by Crippen LogP contribution is 2.40. The molecule has 0 radical (unpaired) electrons. The molecule has 0 saturated heterocycles. The van der Waals surface area contributed by atoms with E-state index in [0.717, 1.165) is 39.0 Å². The molecule has 0 aliphatic rings. The molecule has 0 saturated carbocycles. The Hall–Kier alpha value is -4.76. The fourth-order valence-corrected chi connectivity index (χ4v) is 5.23. The van der Waals surface area contributed by atoms with E-state index >= 15 is 0 Å². The van der Waals surface area contributed by atoms with E-state index in [-0.39, 0.29) is 0 Å².